The van der Waals surface area contributed by atoms with E-state index in [1.54, 1.807) is 12.1 Å². The van der Waals surface area contributed by atoms with E-state index in [1.807, 2.05) is 19.1 Å². The lowest BCUT2D eigenvalue weighted by Gasteiger charge is -2.29. The predicted molar refractivity (Wildman–Crippen MR) is 81.7 cm³/mol. The Kier molecular flexibility index (Phi) is 4.74. The van der Waals surface area contributed by atoms with Gasteiger partial charge >= 0.3 is 0 Å². The van der Waals surface area contributed by atoms with Crippen molar-refractivity contribution in [1.82, 2.24) is 10.0 Å². The van der Waals surface area contributed by atoms with Gasteiger partial charge in [-0.3, -0.25) is 0 Å². The first-order chi connectivity index (χ1) is 9.03. The molecule has 112 valence electrons. The third kappa shape index (κ3) is 3.34. The summed E-state index contributed by atoms with van der Waals surface area (Å²) in [6.45, 7) is 1.95. The summed E-state index contributed by atoms with van der Waals surface area (Å²) < 4.78 is 27.5. The van der Waals surface area contributed by atoms with Crippen LogP contribution < -0.4 is 10.0 Å². The van der Waals surface area contributed by atoms with Gasteiger partial charge in [-0.05, 0) is 44.7 Å². The van der Waals surface area contributed by atoms with Crippen LogP contribution in [0.4, 0.5) is 0 Å². The van der Waals surface area contributed by atoms with Gasteiger partial charge in [0.2, 0.25) is 10.0 Å². The van der Waals surface area contributed by atoms with Gasteiger partial charge in [0.25, 0.3) is 0 Å². The average molecular weight is 317 g/mol. The number of nitrogens with one attached hydrogen (secondary N) is 2. The molecule has 0 radical (unpaired) electrons. The van der Waals surface area contributed by atoms with Gasteiger partial charge in [0.1, 0.15) is 0 Å². The zero-order chi connectivity index (χ0) is 13.5. The second kappa shape index (κ2) is 6.02. The number of rotatable bonds is 3. The minimum Gasteiger partial charge on any atom is -0.311 e. The highest BCUT2D eigenvalue weighted by Gasteiger charge is 2.35. The lowest BCUT2D eigenvalue weighted by atomic mass is 10.0. The maximum Gasteiger partial charge on any atom is 0.240 e. The van der Waals surface area contributed by atoms with Crippen LogP contribution in [0, 0.1) is 6.92 Å². The molecular formula is C14H21ClN2O2S. The standard InChI is InChI=1S/C14H20N2O2S.ClH/c1-10-2-6-14(7-3-10)19(17,18)16-13-8-11-4-5-12(9-13)15-11;/h2-3,6-7,11-13,15-16H,4-5,8-9H2,1H3;1H. The molecule has 0 aliphatic carbocycles. The smallest absolute Gasteiger partial charge is 0.240 e. The Bertz CT molecular complexity index is 547. The quantitative estimate of drug-likeness (QED) is 0.896. The Morgan fingerprint density at radius 2 is 1.65 bits per heavy atom. The number of sulfonamides is 1. The van der Waals surface area contributed by atoms with Gasteiger partial charge in [-0.25, -0.2) is 13.1 Å². The van der Waals surface area contributed by atoms with Gasteiger partial charge in [-0.1, -0.05) is 17.7 Å². The molecule has 0 amide bonds. The molecule has 2 atom stereocenters. The molecule has 2 bridgehead atoms. The van der Waals surface area contributed by atoms with Crippen molar-refractivity contribution in [2.75, 3.05) is 0 Å². The Hall–Kier alpha value is -0.620. The number of benzene rings is 1. The van der Waals surface area contributed by atoms with Gasteiger partial charge in [0.05, 0.1) is 4.90 Å². The van der Waals surface area contributed by atoms with E-state index in [1.165, 1.54) is 12.8 Å². The molecule has 3 rings (SSSR count). The third-order valence-corrected chi connectivity index (χ3v) is 5.66. The Labute approximate surface area is 126 Å². The minimum atomic E-state index is -3.37. The van der Waals surface area contributed by atoms with Crippen molar-refractivity contribution in [3.63, 3.8) is 0 Å². The van der Waals surface area contributed by atoms with Crippen LogP contribution in [0.2, 0.25) is 0 Å². The summed E-state index contributed by atoms with van der Waals surface area (Å²) in [5.41, 5.74) is 1.07. The summed E-state index contributed by atoms with van der Waals surface area (Å²) in [5, 5.41) is 3.52. The van der Waals surface area contributed by atoms with Crippen LogP contribution in [0.15, 0.2) is 29.2 Å². The van der Waals surface area contributed by atoms with E-state index in [-0.39, 0.29) is 18.4 Å². The first kappa shape index (κ1) is 15.8. The van der Waals surface area contributed by atoms with Crippen LogP contribution in [-0.4, -0.2) is 26.5 Å². The molecule has 2 saturated heterocycles. The molecule has 2 heterocycles. The Balaban J connectivity index is 0.00000147. The summed E-state index contributed by atoms with van der Waals surface area (Å²) in [4.78, 5) is 0.365. The van der Waals surface area contributed by atoms with Crippen LogP contribution in [0.25, 0.3) is 0 Å². The topological polar surface area (TPSA) is 58.2 Å². The summed E-state index contributed by atoms with van der Waals surface area (Å²) >= 11 is 0. The third-order valence-electron chi connectivity index (χ3n) is 4.13. The van der Waals surface area contributed by atoms with Gasteiger partial charge in [0.15, 0.2) is 0 Å². The number of hydrogen-bond donors (Lipinski definition) is 2. The highest BCUT2D eigenvalue weighted by molar-refractivity contribution is 7.89. The zero-order valence-corrected chi connectivity index (χ0v) is 13.1. The molecule has 20 heavy (non-hydrogen) atoms. The normalized spacial score (nSPS) is 28.9. The van der Waals surface area contributed by atoms with Gasteiger partial charge < -0.3 is 5.32 Å². The van der Waals surface area contributed by atoms with E-state index >= 15 is 0 Å². The SMILES string of the molecule is Cc1ccc(S(=O)(=O)NC2CC3CCC(C2)N3)cc1.Cl. The molecule has 6 heteroatoms. The van der Waals surface area contributed by atoms with Gasteiger partial charge in [-0.15, -0.1) is 12.4 Å². The molecule has 2 aliphatic rings. The highest BCUT2D eigenvalue weighted by atomic mass is 35.5. The molecule has 1 aromatic rings. The van der Waals surface area contributed by atoms with Crippen molar-refractivity contribution in [3.8, 4) is 0 Å². The maximum absolute atomic E-state index is 12.3. The minimum absolute atomic E-state index is 0. The fraction of sp³-hybridized carbons (Fsp3) is 0.571. The number of aryl methyl sites for hydroxylation is 1. The average Bonchev–Trinajstić information content (AvgIpc) is 2.69. The highest BCUT2D eigenvalue weighted by Crippen LogP contribution is 2.27. The number of piperidine rings is 1. The molecular weight excluding hydrogens is 296 g/mol. The summed E-state index contributed by atoms with van der Waals surface area (Å²) in [5.74, 6) is 0. The fourth-order valence-corrected chi connectivity index (χ4v) is 4.42. The first-order valence-corrected chi connectivity index (χ1v) is 8.36. The van der Waals surface area contributed by atoms with Crippen molar-refractivity contribution in [2.24, 2.45) is 0 Å². The lowest BCUT2D eigenvalue weighted by Crippen LogP contribution is -2.47. The van der Waals surface area contributed by atoms with E-state index in [0.29, 0.717) is 17.0 Å². The molecule has 0 aromatic heterocycles. The van der Waals surface area contributed by atoms with Crippen LogP contribution in [0.3, 0.4) is 0 Å². The molecule has 2 aliphatic heterocycles. The number of hydrogen-bond acceptors (Lipinski definition) is 3. The summed E-state index contributed by atoms with van der Waals surface area (Å²) in [6, 6.07) is 8.07. The fourth-order valence-electron chi connectivity index (χ4n) is 3.16. The lowest BCUT2D eigenvalue weighted by molar-refractivity contribution is 0.345. The molecule has 1 aromatic carbocycles. The molecule has 2 unspecified atom stereocenters. The second-order valence-electron chi connectivity index (χ2n) is 5.74. The van der Waals surface area contributed by atoms with Crippen LogP contribution in [-0.2, 0) is 10.0 Å². The monoisotopic (exact) mass is 316 g/mol. The van der Waals surface area contributed by atoms with Crippen molar-refractivity contribution in [1.29, 1.82) is 0 Å². The molecule has 0 spiro atoms. The summed E-state index contributed by atoms with van der Waals surface area (Å²) in [6.07, 6.45) is 4.16. The van der Waals surface area contributed by atoms with Crippen LogP contribution in [0.1, 0.15) is 31.2 Å². The van der Waals surface area contributed by atoms with Crippen LogP contribution in [0.5, 0.6) is 0 Å². The van der Waals surface area contributed by atoms with Crippen molar-refractivity contribution in [2.45, 2.75) is 55.6 Å². The number of halogens is 1. The first-order valence-electron chi connectivity index (χ1n) is 6.88. The molecule has 4 nitrogen and oxygen atoms in total. The summed E-state index contributed by atoms with van der Waals surface area (Å²) in [7, 11) is -3.37. The van der Waals surface area contributed by atoms with E-state index in [9.17, 15) is 8.42 Å². The van der Waals surface area contributed by atoms with Gasteiger partial charge in [-0.2, -0.15) is 0 Å². The molecule has 2 N–H and O–H groups in total. The van der Waals surface area contributed by atoms with E-state index < -0.39 is 10.0 Å². The van der Waals surface area contributed by atoms with E-state index in [0.717, 1.165) is 18.4 Å². The van der Waals surface area contributed by atoms with Crippen molar-refractivity contribution < 1.29 is 8.42 Å². The largest absolute Gasteiger partial charge is 0.311 e. The van der Waals surface area contributed by atoms with Crippen molar-refractivity contribution in [3.05, 3.63) is 29.8 Å². The Morgan fingerprint density at radius 1 is 1.10 bits per heavy atom. The van der Waals surface area contributed by atoms with E-state index in [4.69, 9.17) is 0 Å². The predicted octanol–water partition coefficient (Wildman–Crippen LogP) is 1.98. The number of fused-ring (bicyclic) bond motifs is 2. The zero-order valence-electron chi connectivity index (χ0n) is 11.5. The van der Waals surface area contributed by atoms with E-state index in [2.05, 4.69) is 10.0 Å². The Morgan fingerprint density at radius 3 is 2.20 bits per heavy atom. The second-order valence-corrected chi connectivity index (χ2v) is 7.45. The maximum atomic E-state index is 12.3. The van der Waals surface area contributed by atoms with Gasteiger partial charge in [0, 0.05) is 18.1 Å². The molecule has 2 fully saturated rings. The molecule has 0 saturated carbocycles. The van der Waals surface area contributed by atoms with Crippen LogP contribution >= 0.6 is 12.4 Å². The van der Waals surface area contributed by atoms with Crippen molar-refractivity contribution >= 4 is 22.4 Å².